The predicted octanol–water partition coefficient (Wildman–Crippen LogP) is 12.6. The van der Waals surface area contributed by atoms with E-state index >= 15 is 0 Å². The van der Waals surface area contributed by atoms with Crippen LogP contribution in [0.25, 0.3) is 77.8 Å². The molecule has 0 fully saturated rings. The lowest BCUT2D eigenvalue weighted by Crippen LogP contribution is -2.31. The topological polar surface area (TPSA) is 50.9 Å². The normalized spacial score (nSPS) is 13.4. The van der Waals surface area contributed by atoms with Gasteiger partial charge < -0.3 is 9.67 Å². The molecule has 0 saturated heterocycles. The van der Waals surface area contributed by atoms with Gasteiger partial charge in [-0.05, 0) is 119 Å². The summed E-state index contributed by atoms with van der Waals surface area (Å²) in [6, 6.07) is 43.1. The molecule has 0 saturated carbocycles. The van der Waals surface area contributed by atoms with Gasteiger partial charge in [0.15, 0.2) is 0 Å². The number of nitrogens with zero attached hydrogens (tertiary/aromatic N) is 3. The first-order chi connectivity index (χ1) is 25.4. The third kappa shape index (κ3) is 5.19. The molecule has 3 heterocycles. The Morgan fingerprint density at radius 2 is 1.38 bits per heavy atom. The van der Waals surface area contributed by atoms with Crippen molar-refractivity contribution < 1.29 is 5.11 Å². The van der Waals surface area contributed by atoms with Gasteiger partial charge in [-0.25, -0.2) is 4.98 Å². The van der Waals surface area contributed by atoms with Gasteiger partial charge in [0, 0.05) is 28.3 Å². The van der Waals surface area contributed by atoms with E-state index in [2.05, 4.69) is 162 Å². The number of hydrogen-bond acceptors (Lipinski definition) is 3. The highest BCUT2D eigenvalue weighted by atomic mass is 16.3. The van der Waals surface area contributed by atoms with Crippen LogP contribution in [0.4, 0.5) is 0 Å². The monoisotopic (exact) mass is 689 g/mol. The van der Waals surface area contributed by atoms with Crippen molar-refractivity contribution in [3.05, 3.63) is 150 Å². The SMILES string of the molecule is Cc1cccc(C)c1-c1ccc(-c2cc(-c3cc(-c4ccccc4)cc4c3nc3n4C(C)(C)c4cccc5ccc(O)c-3c45)cc(C(C)(C)C)c2)nc1. The molecule has 1 aliphatic heterocycles. The number of pyridine rings is 1. The molecule has 8 aromatic rings. The summed E-state index contributed by atoms with van der Waals surface area (Å²) >= 11 is 0. The zero-order valence-corrected chi connectivity index (χ0v) is 31.4. The van der Waals surface area contributed by atoms with E-state index in [1.54, 1.807) is 6.07 Å². The highest BCUT2D eigenvalue weighted by Gasteiger charge is 2.37. The Kier molecular flexibility index (Phi) is 7.29. The van der Waals surface area contributed by atoms with Crippen molar-refractivity contribution >= 4 is 21.8 Å². The lowest BCUT2D eigenvalue weighted by Gasteiger charge is -2.35. The molecule has 0 unspecified atom stereocenters. The minimum atomic E-state index is -0.434. The summed E-state index contributed by atoms with van der Waals surface area (Å²) in [5.74, 6) is 1.03. The van der Waals surface area contributed by atoms with Crippen LogP contribution in [0.5, 0.6) is 5.75 Å². The highest BCUT2D eigenvalue weighted by Crippen LogP contribution is 2.51. The van der Waals surface area contributed by atoms with E-state index in [9.17, 15) is 5.11 Å². The molecule has 0 atom stereocenters. The Balaban J connectivity index is 1.32. The molecule has 0 bridgehead atoms. The van der Waals surface area contributed by atoms with Crippen LogP contribution in [0, 0.1) is 13.8 Å². The first kappa shape index (κ1) is 32.9. The van der Waals surface area contributed by atoms with E-state index < -0.39 is 5.54 Å². The van der Waals surface area contributed by atoms with E-state index in [4.69, 9.17) is 9.97 Å². The molecule has 260 valence electrons. The van der Waals surface area contributed by atoms with Crippen LogP contribution in [-0.4, -0.2) is 19.6 Å². The van der Waals surface area contributed by atoms with E-state index in [1.165, 1.54) is 27.8 Å². The summed E-state index contributed by atoms with van der Waals surface area (Å²) in [5, 5.41) is 13.6. The molecule has 9 rings (SSSR count). The van der Waals surface area contributed by atoms with Crippen LogP contribution in [0.3, 0.4) is 0 Å². The zero-order chi connectivity index (χ0) is 36.8. The molecule has 0 amide bonds. The molecular formula is C49H43N3O. The number of aromatic hydroxyl groups is 1. The van der Waals surface area contributed by atoms with Crippen LogP contribution in [0.1, 0.15) is 56.9 Å². The lowest BCUT2D eigenvalue weighted by atomic mass is 9.83. The molecule has 53 heavy (non-hydrogen) atoms. The van der Waals surface area contributed by atoms with Crippen LogP contribution >= 0.6 is 0 Å². The number of hydrogen-bond donors (Lipinski definition) is 1. The molecule has 0 aliphatic carbocycles. The summed E-state index contributed by atoms with van der Waals surface area (Å²) in [6.45, 7) is 15.6. The third-order valence-corrected chi connectivity index (χ3v) is 11.3. The molecule has 0 spiro atoms. The summed E-state index contributed by atoms with van der Waals surface area (Å²) in [4.78, 5) is 10.6. The largest absolute Gasteiger partial charge is 0.507 e. The van der Waals surface area contributed by atoms with Crippen LogP contribution in [-0.2, 0) is 11.0 Å². The Hall–Kier alpha value is -6.00. The fourth-order valence-electron chi connectivity index (χ4n) is 8.50. The van der Waals surface area contributed by atoms with Crippen LogP contribution in [0.15, 0.2) is 128 Å². The Bertz CT molecular complexity index is 2730. The third-order valence-electron chi connectivity index (χ3n) is 11.3. The maximum Gasteiger partial charge on any atom is 0.146 e. The molecule has 6 aromatic carbocycles. The van der Waals surface area contributed by atoms with E-state index in [1.807, 2.05) is 12.3 Å². The van der Waals surface area contributed by atoms with Crippen molar-refractivity contribution in [2.24, 2.45) is 0 Å². The summed E-state index contributed by atoms with van der Waals surface area (Å²) in [6.07, 6.45) is 2.01. The van der Waals surface area contributed by atoms with Crippen molar-refractivity contribution in [1.82, 2.24) is 14.5 Å². The van der Waals surface area contributed by atoms with Crippen LogP contribution < -0.4 is 0 Å². The van der Waals surface area contributed by atoms with Crippen molar-refractivity contribution in [3.8, 4) is 61.8 Å². The Morgan fingerprint density at radius 1 is 0.642 bits per heavy atom. The number of aryl methyl sites for hydroxylation is 2. The van der Waals surface area contributed by atoms with Gasteiger partial charge in [-0.15, -0.1) is 0 Å². The summed E-state index contributed by atoms with van der Waals surface area (Å²) in [7, 11) is 0. The second-order valence-electron chi connectivity index (χ2n) is 16.2. The number of rotatable bonds is 4. The fourth-order valence-corrected chi connectivity index (χ4v) is 8.50. The molecule has 4 heteroatoms. The number of imidazole rings is 1. The van der Waals surface area contributed by atoms with Gasteiger partial charge in [-0.1, -0.05) is 106 Å². The number of fused-ring (bicyclic) bond motifs is 4. The average Bonchev–Trinajstić information content (AvgIpc) is 3.54. The van der Waals surface area contributed by atoms with Crippen molar-refractivity contribution in [1.29, 1.82) is 0 Å². The van der Waals surface area contributed by atoms with Gasteiger partial charge in [-0.3, -0.25) is 4.98 Å². The number of phenols is 1. The van der Waals surface area contributed by atoms with Crippen LogP contribution in [0.2, 0.25) is 0 Å². The molecule has 0 radical (unpaired) electrons. The second-order valence-corrected chi connectivity index (χ2v) is 16.2. The lowest BCUT2D eigenvalue weighted by molar-refractivity contribution is 0.446. The summed E-state index contributed by atoms with van der Waals surface area (Å²) in [5.41, 5.74) is 15.8. The average molecular weight is 690 g/mol. The van der Waals surface area contributed by atoms with E-state index in [-0.39, 0.29) is 11.2 Å². The molecule has 1 aliphatic rings. The minimum Gasteiger partial charge on any atom is -0.507 e. The smallest absolute Gasteiger partial charge is 0.146 e. The van der Waals surface area contributed by atoms with Gasteiger partial charge in [0.25, 0.3) is 0 Å². The van der Waals surface area contributed by atoms with Gasteiger partial charge in [0.2, 0.25) is 0 Å². The maximum atomic E-state index is 11.5. The Labute approximate surface area is 311 Å². The number of phenolic OH excluding ortho intramolecular Hbond substituents is 1. The van der Waals surface area contributed by atoms with Crippen molar-refractivity contribution in [2.45, 2.75) is 59.4 Å². The van der Waals surface area contributed by atoms with E-state index in [0.29, 0.717) is 0 Å². The van der Waals surface area contributed by atoms with Gasteiger partial charge in [0.05, 0.1) is 27.8 Å². The summed E-state index contributed by atoms with van der Waals surface area (Å²) < 4.78 is 2.34. The second kappa shape index (κ2) is 11.8. The predicted molar refractivity (Wildman–Crippen MR) is 220 cm³/mol. The first-order valence-electron chi connectivity index (χ1n) is 18.5. The maximum absolute atomic E-state index is 11.5. The zero-order valence-electron chi connectivity index (χ0n) is 31.4. The highest BCUT2D eigenvalue weighted by molar-refractivity contribution is 6.06. The number of benzene rings is 6. The molecule has 1 N–H and O–H groups in total. The molecule has 4 nitrogen and oxygen atoms in total. The standard InChI is InChI=1S/C49H43N3O/c1-29-13-11-14-30(2)43(29)33-19-21-40(50-28-33)36-23-35(24-37(25-36)48(3,4)5)38-26-34(31-15-9-8-10-16-31)27-41-46(38)51-47-45-42(53)22-20-32-17-12-18-39(44(32)45)49(6,7)52(41)47/h8-28,53H,1-7H3. The van der Waals surface area contributed by atoms with Gasteiger partial charge in [0.1, 0.15) is 11.6 Å². The van der Waals surface area contributed by atoms with Crippen molar-refractivity contribution in [2.75, 3.05) is 0 Å². The Morgan fingerprint density at radius 3 is 2.09 bits per heavy atom. The van der Waals surface area contributed by atoms with Gasteiger partial charge >= 0.3 is 0 Å². The first-order valence-corrected chi connectivity index (χ1v) is 18.5. The van der Waals surface area contributed by atoms with E-state index in [0.717, 1.165) is 72.3 Å². The molecule has 2 aromatic heterocycles. The van der Waals surface area contributed by atoms with Crippen molar-refractivity contribution in [3.63, 3.8) is 0 Å². The minimum absolute atomic E-state index is 0.113. The molecular weight excluding hydrogens is 647 g/mol. The van der Waals surface area contributed by atoms with Gasteiger partial charge in [-0.2, -0.15) is 0 Å². The quantitative estimate of drug-likeness (QED) is 0.200. The fraction of sp³-hybridized carbons (Fsp3) is 0.184. The number of aromatic nitrogens is 3.